The van der Waals surface area contributed by atoms with E-state index in [1.54, 1.807) is 0 Å². The zero-order chi connectivity index (χ0) is 12.3. The molecule has 1 aromatic heterocycles. The van der Waals surface area contributed by atoms with Crippen molar-refractivity contribution in [1.29, 1.82) is 0 Å². The van der Waals surface area contributed by atoms with Gasteiger partial charge in [-0.15, -0.1) is 6.42 Å². The summed E-state index contributed by atoms with van der Waals surface area (Å²) >= 11 is 0. The average Bonchev–Trinajstić information content (AvgIpc) is 2.46. The van der Waals surface area contributed by atoms with Gasteiger partial charge >= 0.3 is 0 Å². The first-order chi connectivity index (χ1) is 7.34. The van der Waals surface area contributed by atoms with E-state index in [4.69, 9.17) is 11.6 Å². The van der Waals surface area contributed by atoms with Gasteiger partial charge in [-0.3, -0.25) is 9.48 Å². The van der Waals surface area contributed by atoms with E-state index in [2.05, 4.69) is 16.3 Å². The molecule has 0 spiro atoms. The first kappa shape index (κ1) is 12.2. The van der Waals surface area contributed by atoms with Gasteiger partial charge in [-0.2, -0.15) is 5.10 Å². The van der Waals surface area contributed by atoms with E-state index in [1.807, 2.05) is 0 Å². The Morgan fingerprint density at radius 2 is 2.38 bits per heavy atom. The molecule has 0 aromatic carbocycles. The van der Waals surface area contributed by atoms with Crippen molar-refractivity contribution in [2.75, 3.05) is 5.32 Å². The van der Waals surface area contributed by atoms with Crippen LogP contribution in [0, 0.1) is 12.3 Å². The number of nitrogens with two attached hydrogens (primary N) is 1. The molecule has 0 saturated heterocycles. The number of anilines is 1. The molecule has 1 amide bonds. The van der Waals surface area contributed by atoms with E-state index in [9.17, 15) is 13.2 Å². The number of rotatable bonds is 3. The summed E-state index contributed by atoms with van der Waals surface area (Å²) < 4.78 is 23.5. The molecule has 0 aliphatic carbocycles. The van der Waals surface area contributed by atoms with Gasteiger partial charge in [0.05, 0.1) is 6.42 Å². The Bertz CT molecular complexity index is 552. The Morgan fingerprint density at radius 3 is 2.88 bits per heavy atom. The van der Waals surface area contributed by atoms with Crippen molar-refractivity contribution in [2.45, 2.75) is 11.3 Å². The van der Waals surface area contributed by atoms with Crippen LogP contribution in [0.4, 0.5) is 5.82 Å². The molecular weight excluding hydrogens is 232 g/mol. The van der Waals surface area contributed by atoms with E-state index in [0.29, 0.717) is 0 Å². The first-order valence-electron chi connectivity index (χ1n) is 4.14. The second kappa shape index (κ2) is 4.34. The number of carbonyl (C=O) groups excluding carboxylic acids is 1. The predicted molar refractivity (Wildman–Crippen MR) is 56.7 cm³/mol. The van der Waals surface area contributed by atoms with Crippen LogP contribution in [-0.4, -0.2) is 24.1 Å². The van der Waals surface area contributed by atoms with Gasteiger partial charge in [-0.25, -0.2) is 13.6 Å². The molecule has 86 valence electrons. The number of primary sulfonamides is 1. The average molecular weight is 242 g/mol. The topological polar surface area (TPSA) is 107 Å². The number of terminal acetylenes is 1. The molecule has 0 fully saturated rings. The normalized spacial score (nSPS) is 10.8. The molecule has 3 N–H and O–H groups in total. The van der Waals surface area contributed by atoms with Crippen molar-refractivity contribution in [3.8, 4) is 12.3 Å². The van der Waals surface area contributed by atoms with E-state index >= 15 is 0 Å². The molecule has 0 radical (unpaired) electrons. The highest BCUT2D eigenvalue weighted by Gasteiger charge is 2.19. The lowest BCUT2D eigenvalue weighted by Gasteiger charge is -2.00. The van der Waals surface area contributed by atoms with Crippen LogP contribution >= 0.6 is 0 Å². The Labute approximate surface area is 92.7 Å². The van der Waals surface area contributed by atoms with Crippen LogP contribution in [-0.2, 0) is 21.9 Å². The van der Waals surface area contributed by atoms with Crippen molar-refractivity contribution in [3.05, 3.63) is 6.20 Å². The van der Waals surface area contributed by atoms with Gasteiger partial charge in [0.15, 0.2) is 5.82 Å². The van der Waals surface area contributed by atoms with Crippen molar-refractivity contribution < 1.29 is 13.2 Å². The molecule has 0 atom stereocenters. The van der Waals surface area contributed by atoms with Crippen LogP contribution in [0.3, 0.4) is 0 Å². The molecule has 1 rings (SSSR count). The lowest BCUT2D eigenvalue weighted by atomic mass is 10.4. The summed E-state index contributed by atoms with van der Waals surface area (Å²) in [4.78, 5) is 10.9. The van der Waals surface area contributed by atoms with Gasteiger partial charge in [0, 0.05) is 13.2 Å². The van der Waals surface area contributed by atoms with Crippen molar-refractivity contribution in [2.24, 2.45) is 12.2 Å². The number of amides is 1. The minimum Gasteiger partial charge on any atom is -0.307 e. The molecule has 0 saturated carbocycles. The van der Waals surface area contributed by atoms with Gasteiger partial charge in [-0.1, -0.05) is 5.92 Å². The van der Waals surface area contributed by atoms with Gasteiger partial charge in [0.2, 0.25) is 15.9 Å². The molecular formula is C8H10N4O3S. The zero-order valence-corrected chi connectivity index (χ0v) is 9.28. The molecule has 0 aliphatic rings. The maximum absolute atomic E-state index is 11.2. The van der Waals surface area contributed by atoms with Crippen LogP contribution in [0.15, 0.2) is 11.1 Å². The van der Waals surface area contributed by atoms with Gasteiger partial charge in [0.25, 0.3) is 0 Å². The van der Waals surface area contributed by atoms with Crippen LogP contribution in [0.1, 0.15) is 6.42 Å². The van der Waals surface area contributed by atoms with Crippen molar-refractivity contribution >= 4 is 21.7 Å². The van der Waals surface area contributed by atoms with Gasteiger partial charge in [-0.05, 0) is 0 Å². The number of hydrogen-bond acceptors (Lipinski definition) is 4. The Hall–Kier alpha value is -1.85. The zero-order valence-electron chi connectivity index (χ0n) is 8.47. The third-order valence-electron chi connectivity index (χ3n) is 1.62. The maximum atomic E-state index is 11.2. The summed E-state index contributed by atoms with van der Waals surface area (Å²) in [5.74, 6) is 1.48. The quantitative estimate of drug-likeness (QED) is 0.665. The van der Waals surface area contributed by atoms with E-state index in [-0.39, 0.29) is 17.1 Å². The number of nitrogens with zero attached hydrogens (tertiary/aromatic N) is 2. The monoisotopic (exact) mass is 242 g/mol. The minimum absolute atomic E-state index is 0.120. The highest BCUT2D eigenvalue weighted by molar-refractivity contribution is 7.89. The number of aryl methyl sites for hydroxylation is 1. The highest BCUT2D eigenvalue weighted by Crippen LogP contribution is 2.17. The molecule has 1 heterocycles. The Kier molecular flexibility index (Phi) is 3.31. The number of carbonyl (C=O) groups is 1. The summed E-state index contributed by atoms with van der Waals surface area (Å²) in [6.07, 6.45) is 5.96. The van der Waals surface area contributed by atoms with Crippen LogP contribution in [0.5, 0.6) is 0 Å². The minimum atomic E-state index is -3.92. The standard InChI is InChI=1S/C8H10N4O3S/c1-3-4-7(13)10-8-6(16(9,14)15)5-12(2)11-8/h1,5H,4H2,2H3,(H2,9,14,15)(H,10,11,13). The lowest BCUT2D eigenvalue weighted by molar-refractivity contribution is -0.115. The largest absolute Gasteiger partial charge is 0.307 e. The smallest absolute Gasteiger partial charge is 0.243 e. The molecule has 0 unspecified atom stereocenters. The number of aromatic nitrogens is 2. The summed E-state index contributed by atoms with van der Waals surface area (Å²) in [5, 5.41) is 11.0. The summed E-state index contributed by atoms with van der Waals surface area (Å²) in [7, 11) is -2.42. The van der Waals surface area contributed by atoms with Crippen LogP contribution in [0.25, 0.3) is 0 Å². The Balaban J connectivity index is 3.06. The molecule has 0 aliphatic heterocycles. The highest BCUT2D eigenvalue weighted by atomic mass is 32.2. The number of nitrogens with one attached hydrogen (secondary N) is 1. The third-order valence-corrected chi connectivity index (χ3v) is 2.53. The van der Waals surface area contributed by atoms with Crippen molar-refractivity contribution in [3.63, 3.8) is 0 Å². The van der Waals surface area contributed by atoms with Gasteiger partial charge in [0.1, 0.15) is 4.90 Å². The second-order valence-corrected chi connectivity index (χ2v) is 4.52. The van der Waals surface area contributed by atoms with Crippen LogP contribution in [0.2, 0.25) is 0 Å². The van der Waals surface area contributed by atoms with Gasteiger partial charge < -0.3 is 5.32 Å². The summed E-state index contributed by atoms with van der Waals surface area (Å²) in [5.41, 5.74) is 0. The summed E-state index contributed by atoms with van der Waals surface area (Å²) in [6, 6.07) is 0. The van der Waals surface area contributed by atoms with E-state index < -0.39 is 15.9 Å². The lowest BCUT2D eigenvalue weighted by Crippen LogP contribution is -2.17. The van der Waals surface area contributed by atoms with E-state index in [0.717, 1.165) is 0 Å². The molecule has 16 heavy (non-hydrogen) atoms. The fourth-order valence-electron chi connectivity index (χ4n) is 1.03. The fraction of sp³-hybridized carbons (Fsp3) is 0.250. The third kappa shape index (κ3) is 2.82. The SMILES string of the molecule is C#CCC(=O)Nc1nn(C)cc1S(N)(=O)=O. The number of hydrogen-bond donors (Lipinski definition) is 2. The Morgan fingerprint density at radius 1 is 1.75 bits per heavy atom. The summed E-state index contributed by atoms with van der Waals surface area (Å²) in [6.45, 7) is 0. The van der Waals surface area contributed by atoms with Crippen molar-refractivity contribution in [1.82, 2.24) is 9.78 Å². The van der Waals surface area contributed by atoms with Crippen LogP contribution < -0.4 is 10.5 Å². The molecule has 7 nitrogen and oxygen atoms in total. The fourth-order valence-corrected chi connectivity index (χ4v) is 1.69. The second-order valence-electron chi connectivity index (χ2n) is 2.99. The first-order valence-corrected chi connectivity index (χ1v) is 5.69. The maximum Gasteiger partial charge on any atom is 0.243 e. The molecule has 0 bridgehead atoms. The van der Waals surface area contributed by atoms with E-state index in [1.165, 1.54) is 17.9 Å². The molecule has 1 aromatic rings. The molecule has 8 heteroatoms. The number of sulfonamides is 1. The predicted octanol–water partition coefficient (Wildman–Crippen LogP) is -0.971.